The van der Waals surface area contributed by atoms with Crippen molar-refractivity contribution in [2.75, 3.05) is 18.8 Å². The maximum absolute atomic E-state index is 12.7. The molecule has 1 saturated heterocycles. The number of carbonyl (C=O) groups is 1. The minimum absolute atomic E-state index is 0.369. The van der Waals surface area contributed by atoms with Gasteiger partial charge in [0.2, 0.25) is 0 Å². The van der Waals surface area contributed by atoms with Crippen molar-refractivity contribution in [3.8, 4) is 5.75 Å². The molecule has 174 valence electrons. The summed E-state index contributed by atoms with van der Waals surface area (Å²) in [6.07, 6.45) is -0.916. The van der Waals surface area contributed by atoms with Crippen LogP contribution >= 0.6 is 11.8 Å². The second-order valence-electron chi connectivity index (χ2n) is 7.92. The lowest BCUT2D eigenvalue weighted by Crippen LogP contribution is -2.40. The number of rotatable bonds is 6. The number of thioether (sulfide) groups is 1. The summed E-state index contributed by atoms with van der Waals surface area (Å²) in [5.41, 5.74) is 1.03. The summed E-state index contributed by atoms with van der Waals surface area (Å²) < 4.78 is 43.6. The Hall–Kier alpha value is -3.01. The van der Waals surface area contributed by atoms with Crippen molar-refractivity contribution in [3.05, 3.63) is 71.5 Å². The molecule has 1 aliphatic heterocycles. The number of hydrogen-bond acceptors (Lipinski definition) is 5. The third kappa shape index (κ3) is 6.50. The highest BCUT2D eigenvalue weighted by Crippen LogP contribution is 2.29. The van der Waals surface area contributed by atoms with Crippen LogP contribution in [0.3, 0.4) is 0 Å². The molecule has 0 atom stereocenters. The number of nitrogens with one attached hydrogen (secondary N) is 1. The van der Waals surface area contributed by atoms with E-state index in [2.05, 4.69) is 15.2 Å². The van der Waals surface area contributed by atoms with E-state index in [0.717, 1.165) is 47.0 Å². The molecule has 6 nitrogen and oxygen atoms in total. The summed E-state index contributed by atoms with van der Waals surface area (Å²) in [5.74, 6) is 1.88. The molecule has 0 bridgehead atoms. The van der Waals surface area contributed by atoms with Crippen LogP contribution in [0.4, 0.5) is 18.0 Å². The van der Waals surface area contributed by atoms with Gasteiger partial charge in [0, 0.05) is 18.8 Å². The minimum Gasteiger partial charge on any atom is -0.410 e. The Morgan fingerprint density at radius 1 is 1.06 bits per heavy atom. The van der Waals surface area contributed by atoms with E-state index < -0.39 is 11.7 Å². The second-order valence-corrected chi connectivity index (χ2v) is 8.92. The smallest absolute Gasteiger partial charge is 0.410 e. The van der Waals surface area contributed by atoms with Gasteiger partial charge in [0.1, 0.15) is 12.1 Å². The van der Waals surface area contributed by atoms with E-state index in [1.165, 1.54) is 18.5 Å². The van der Waals surface area contributed by atoms with Gasteiger partial charge < -0.3 is 9.64 Å². The van der Waals surface area contributed by atoms with Crippen LogP contribution in [0.15, 0.2) is 60.0 Å². The number of benzene rings is 2. The molecule has 0 saturated carbocycles. The van der Waals surface area contributed by atoms with Crippen LogP contribution in [-0.4, -0.2) is 45.0 Å². The topological polar surface area (TPSA) is 71.1 Å². The number of aromatic amines is 1. The van der Waals surface area contributed by atoms with Crippen LogP contribution in [0.1, 0.15) is 29.5 Å². The molecule has 33 heavy (non-hydrogen) atoms. The van der Waals surface area contributed by atoms with E-state index in [4.69, 9.17) is 4.74 Å². The van der Waals surface area contributed by atoms with Crippen LogP contribution in [-0.2, 0) is 12.6 Å². The molecule has 0 spiro atoms. The third-order valence-electron chi connectivity index (χ3n) is 5.54. The van der Waals surface area contributed by atoms with Gasteiger partial charge in [-0.3, -0.25) is 5.10 Å². The Morgan fingerprint density at radius 2 is 1.70 bits per heavy atom. The summed E-state index contributed by atoms with van der Waals surface area (Å²) in [7, 11) is 0. The lowest BCUT2D eigenvalue weighted by atomic mass is 9.99. The van der Waals surface area contributed by atoms with Crippen LogP contribution in [0.2, 0.25) is 0 Å². The number of alkyl halides is 3. The third-order valence-corrected chi connectivity index (χ3v) is 6.65. The number of aromatic nitrogens is 3. The highest BCUT2D eigenvalue weighted by Gasteiger charge is 2.30. The summed E-state index contributed by atoms with van der Waals surface area (Å²) in [4.78, 5) is 18.3. The van der Waals surface area contributed by atoms with Crippen LogP contribution in [0.25, 0.3) is 0 Å². The van der Waals surface area contributed by atoms with Crippen LogP contribution in [0.5, 0.6) is 5.75 Å². The van der Waals surface area contributed by atoms with Crippen LogP contribution in [0, 0.1) is 5.92 Å². The van der Waals surface area contributed by atoms with Crippen molar-refractivity contribution < 1.29 is 22.7 Å². The van der Waals surface area contributed by atoms with E-state index >= 15 is 0 Å². The standard InChI is InChI=1S/C23H23F3N4O2S/c24-23(25,26)19-5-1-16(2-6-19)13-17-3-7-20(8-4-17)32-22(31)30-11-9-18(10-12-30)14-33-21-27-15-28-29-21/h1-8,15,18H,9-14H2,(H,27,28,29). The average Bonchev–Trinajstić information content (AvgIpc) is 3.33. The zero-order valence-electron chi connectivity index (χ0n) is 17.7. The van der Waals surface area contributed by atoms with E-state index in [-0.39, 0.29) is 6.09 Å². The summed E-state index contributed by atoms with van der Waals surface area (Å²) in [6.45, 7) is 1.29. The molecule has 1 aromatic heterocycles. The van der Waals surface area contributed by atoms with Gasteiger partial charge in [0.25, 0.3) is 0 Å². The fraction of sp³-hybridized carbons (Fsp3) is 0.348. The molecule has 2 heterocycles. The number of carbonyl (C=O) groups excluding carboxylic acids is 1. The predicted octanol–water partition coefficient (Wildman–Crippen LogP) is 5.42. The number of H-pyrrole nitrogens is 1. The lowest BCUT2D eigenvalue weighted by molar-refractivity contribution is -0.137. The number of piperidine rings is 1. The molecule has 0 aliphatic carbocycles. The Morgan fingerprint density at radius 3 is 2.27 bits per heavy atom. The summed E-state index contributed by atoms with van der Waals surface area (Å²) >= 11 is 1.64. The van der Waals surface area contributed by atoms with E-state index in [1.807, 2.05) is 12.1 Å². The fourth-order valence-electron chi connectivity index (χ4n) is 3.63. The lowest BCUT2D eigenvalue weighted by Gasteiger charge is -2.30. The SMILES string of the molecule is O=C(Oc1ccc(Cc2ccc(C(F)(F)F)cc2)cc1)N1CCC(CSc2ncn[nH]2)CC1. The van der Waals surface area contributed by atoms with E-state index in [1.54, 1.807) is 28.8 Å². The van der Waals surface area contributed by atoms with Gasteiger partial charge in [0.15, 0.2) is 5.16 Å². The van der Waals surface area contributed by atoms with Gasteiger partial charge in [-0.1, -0.05) is 36.0 Å². The van der Waals surface area contributed by atoms with Crippen molar-refractivity contribution in [1.29, 1.82) is 0 Å². The quantitative estimate of drug-likeness (QED) is 0.481. The Labute approximate surface area is 193 Å². The highest BCUT2D eigenvalue weighted by atomic mass is 32.2. The first-order valence-corrected chi connectivity index (χ1v) is 11.6. The van der Waals surface area contributed by atoms with Gasteiger partial charge in [0.05, 0.1) is 5.56 Å². The summed E-state index contributed by atoms with van der Waals surface area (Å²) in [6, 6.07) is 12.2. The number of halogens is 3. The Kier molecular flexibility index (Phi) is 7.22. The Bertz CT molecular complexity index is 1030. The molecule has 1 fully saturated rings. The van der Waals surface area contributed by atoms with Crippen molar-refractivity contribution in [2.45, 2.75) is 30.6 Å². The van der Waals surface area contributed by atoms with Crippen molar-refractivity contribution in [1.82, 2.24) is 20.1 Å². The van der Waals surface area contributed by atoms with Gasteiger partial charge >= 0.3 is 12.3 Å². The van der Waals surface area contributed by atoms with Gasteiger partial charge in [-0.2, -0.15) is 18.3 Å². The summed E-state index contributed by atoms with van der Waals surface area (Å²) in [5, 5.41) is 7.47. The number of likely N-dealkylation sites (tertiary alicyclic amines) is 1. The molecule has 2 aromatic carbocycles. The second kappa shape index (κ2) is 10.3. The number of hydrogen-bond donors (Lipinski definition) is 1. The molecule has 1 amide bonds. The highest BCUT2D eigenvalue weighted by molar-refractivity contribution is 7.99. The molecular formula is C23H23F3N4O2S. The molecule has 0 radical (unpaired) electrons. The molecule has 1 aliphatic rings. The molecular weight excluding hydrogens is 453 g/mol. The predicted molar refractivity (Wildman–Crippen MR) is 118 cm³/mol. The monoisotopic (exact) mass is 476 g/mol. The van der Waals surface area contributed by atoms with Crippen molar-refractivity contribution >= 4 is 17.9 Å². The zero-order chi connectivity index (χ0) is 23.3. The molecule has 3 aromatic rings. The maximum Gasteiger partial charge on any atom is 0.416 e. The average molecular weight is 477 g/mol. The number of nitrogens with zero attached hydrogens (tertiary/aromatic N) is 3. The minimum atomic E-state index is -4.34. The number of amides is 1. The molecule has 10 heteroatoms. The van der Waals surface area contributed by atoms with E-state index in [9.17, 15) is 18.0 Å². The normalized spacial score (nSPS) is 14.9. The maximum atomic E-state index is 12.7. The largest absolute Gasteiger partial charge is 0.416 e. The van der Waals surface area contributed by atoms with Crippen molar-refractivity contribution in [3.63, 3.8) is 0 Å². The van der Waals surface area contributed by atoms with Crippen LogP contribution < -0.4 is 4.74 Å². The molecule has 0 unspecified atom stereocenters. The first-order chi connectivity index (χ1) is 15.9. The Balaban J connectivity index is 1.23. The zero-order valence-corrected chi connectivity index (χ0v) is 18.5. The number of ether oxygens (including phenoxy) is 1. The van der Waals surface area contributed by atoms with E-state index in [0.29, 0.717) is 31.2 Å². The fourth-order valence-corrected chi connectivity index (χ4v) is 4.60. The molecule has 4 rings (SSSR count). The molecule has 1 N–H and O–H groups in total. The van der Waals surface area contributed by atoms with Gasteiger partial charge in [-0.15, -0.1) is 0 Å². The van der Waals surface area contributed by atoms with Crippen molar-refractivity contribution in [2.24, 2.45) is 5.92 Å². The first kappa shape index (κ1) is 23.2. The van der Waals surface area contributed by atoms with Gasteiger partial charge in [-0.05, 0) is 60.6 Å². The first-order valence-electron chi connectivity index (χ1n) is 10.6. The van der Waals surface area contributed by atoms with Gasteiger partial charge in [-0.25, -0.2) is 9.78 Å².